The quantitative estimate of drug-likeness (QED) is 0.344. The van der Waals surface area contributed by atoms with Crippen LogP contribution in [0, 0.1) is 92.7 Å². The summed E-state index contributed by atoms with van der Waals surface area (Å²) in [6, 6.07) is 1.90. The average molecular weight is 541 g/mol. The van der Waals surface area contributed by atoms with Crippen LogP contribution in [0.5, 0.6) is 0 Å². The Balaban J connectivity index is 0.000000228. The van der Waals surface area contributed by atoms with Gasteiger partial charge in [0.25, 0.3) is 29.0 Å². The van der Waals surface area contributed by atoms with Gasteiger partial charge >= 0.3 is 0 Å². The Morgan fingerprint density at radius 3 is 1.26 bits per heavy atom. The number of β-lactam (4-membered cyclic amide) rings is 4. The average Bonchev–Trinajstić information content (AvgIpc) is 3.16. The zero-order valence-electron chi connectivity index (χ0n) is 21.4. The fourth-order valence-corrected chi connectivity index (χ4v) is 7.04. The Morgan fingerprint density at radius 2 is 0.914 bits per heavy atom. The molecule has 1 spiro atoms. The molecular formula is C25H40Ar2N4O4. The van der Waals surface area contributed by atoms with Crippen molar-refractivity contribution in [3.63, 3.8) is 0 Å². The first-order valence-corrected chi connectivity index (χ1v) is 13.0. The van der Waals surface area contributed by atoms with Crippen molar-refractivity contribution in [1.29, 1.82) is 0 Å². The summed E-state index contributed by atoms with van der Waals surface area (Å²) in [5, 5.41) is 0. The van der Waals surface area contributed by atoms with E-state index in [9.17, 15) is 19.2 Å². The third-order valence-electron chi connectivity index (χ3n) is 8.79. The van der Waals surface area contributed by atoms with Crippen molar-refractivity contribution in [1.82, 2.24) is 19.6 Å². The number of rotatable bonds is 0. The predicted octanol–water partition coefficient (Wildman–Crippen LogP) is 1.73. The molecular weight excluding hydrogens is 500 g/mol. The molecule has 0 aromatic carbocycles. The molecule has 2 aliphatic carbocycles. The second kappa shape index (κ2) is 13.2. The van der Waals surface area contributed by atoms with Crippen molar-refractivity contribution >= 4 is 23.6 Å². The van der Waals surface area contributed by atoms with Gasteiger partial charge in [-0.1, -0.05) is 39.5 Å². The molecule has 0 aromatic heterocycles. The van der Waals surface area contributed by atoms with Crippen LogP contribution in [0.3, 0.4) is 0 Å². The molecule has 4 aliphatic heterocycles. The summed E-state index contributed by atoms with van der Waals surface area (Å²) in [4.78, 5) is 52.1. The molecule has 200 valence electrons. The van der Waals surface area contributed by atoms with Gasteiger partial charge in [0.15, 0.2) is 0 Å². The largest absolute Gasteiger partial charge is 0.298 e. The Hall–Kier alpha value is 0.719. The minimum absolute atomic E-state index is 0. The van der Waals surface area contributed by atoms with Gasteiger partial charge in [0, 0.05) is 128 Å². The summed E-state index contributed by atoms with van der Waals surface area (Å²) < 4.78 is 0. The van der Waals surface area contributed by atoms with E-state index >= 15 is 0 Å². The van der Waals surface area contributed by atoms with Crippen LogP contribution in [0.1, 0.15) is 65.2 Å². The number of likely N-dealkylation sites (tertiary alicyclic amines) is 2. The van der Waals surface area contributed by atoms with Crippen LogP contribution < -0.4 is 0 Å². The number of carbonyl (C=O) groups is 4. The SMILES string of the molecule is C1CCC2C(C1)CN1CCN2CC2CCCCC21.CC.CN1C(=O)C2(C1=O)C(=O)N(C)C2=O.[Ar].[Ar]. The van der Waals surface area contributed by atoms with E-state index in [4.69, 9.17) is 0 Å². The number of imide groups is 2. The third kappa shape index (κ3) is 5.30. The van der Waals surface area contributed by atoms with Crippen LogP contribution in [0.25, 0.3) is 0 Å². The standard InChI is InChI=1S/C16H28N2.C7H6N2O4.C2H6.2Ar/c1-3-7-15-13(5-1)11-17-9-10-18(15)12-14-6-2-4-8-16(14)17;1-8-3(10)7(4(8)11)5(12)9(2)6(7)13;1-2;;/h13-16H,1-12H2;1-2H3;1-2H3;;. The van der Waals surface area contributed by atoms with E-state index in [1.54, 1.807) is 0 Å². The first-order valence-electron chi connectivity index (χ1n) is 13.0. The molecule has 2 bridgehead atoms. The van der Waals surface area contributed by atoms with Gasteiger partial charge in [0.2, 0.25) is 0 Å². The van der Waals surface area contributed by atoms with Crippen LogP contribution in [-0.2, 0) is 19.2 Å². The van der Waals surface area contributed by atoms with E-state index < -0.39 is 29.0 Å². The molecule has 6 unspecified atom stereocenters. The molecule has 10 heteroatoms. The molecule has 4 saturated heterocycles. The number of amides is 4. The van der Waals surface area contributed by atoms with Gasteiger partial charge in [0.1, 0.15) is 0 Å². The molecule has 35 heavy (non-hydrogen) atoms. The van der Waals surface area contributed by atoms with E-state index in [0.29, 0.717) is 0 Å². The zero-order chi connectivity index (χ0) is 23.9. The molecule has 0 radical (unpaired) electrons. The third-order valence-corrected chi connectivity index (χ3v) is 8.79. The maximum absolute atomic E-state index is 11.2. The number of nitrogens with zero attached hydrogens (tertiary/aromatic N) is 4. The minimum Gasteiger partial charge on any atom is -0.298 e. The molecule has 0 N–H and O–H groups in total. The molecule has 2 saturated carbocycles. The predicted molar refractivity (Wildman–Crippen MR) is 124 cm³/mol. The Labute approximate surface area is 269 Å². The van der Waals surface area contributed by atoms with E-state index in [1.807, 2.05) is 13.8 Å². The summed E-state index contributed by atoms with van der Waals surface area (Å²) in [7, 11) is 2.49. The Kier molecular flexibility index (Phi) is 12.0. The maximum Gasteiger partial charge on any atom is 0.284 e. The van der Waals surface area contributed by atoms with Gasteiger partial charge in [-0.15, -0.1) is 0 Å². The van der Waals surface area contributed by atoms with Gasteiger partial charge in [-0.05, 0) is 37.5 Å². The topological polar surface area (TPSA) is 81.2 Å². The van der Waals surface area contributed by atoms with Gasteiger partial charge in [0.05, 0.1) is 0 Å². The fraction of sp³-hybridized carbons (Fsp3) is 0.840. The number of hydrogen-bond donors (Lipinski definition) is 0. The van der Waals surface area contributed by atoms with Crippen LogP contribution >= 0.6 is 0 Å². The number of hydrogen-bond acceptors (Lipinski definition) is 6. The fourth-order valence-electron chi connectivity index (χ4n) is 7.04. The summed E-state index contributed by atoms with van der Waals surface area (Å²) in [6.45, 7) is 9.60. The van der Waals surface area contributed by atoms with Crippen LogP contribution in [0.4, 0.5) is 0 Å². The minimum atomic E-state index is -1.98. The second-order valence-corrected chi connectivity index (χ2v) is 10.3. The molecule has 6 atom stereocenters. The molecule has 4 amide bonds. The van der Waals surface area contributed by atoms with E-state index in [-0.39, 0.29) is 75.5 Å². The van der Waals surface area contributed by atoms with Crippen molar-refractivity contribution < 1.29 is 94.7 Å². The van der Waals surface area contributed by atoms with Gasteiger partial charge in [-0.3, -0.25) is 38.8 Å². The van der Waals surface area contributed by atoms with Gasteiger partial charge in [-0.2, -0.15) is 0 Å². The van der Waals surface area contributed by atoms with Crippen molar-refractivity contribution in [3.8, 4) is 0 Å². The van der Waals surface area contributed by atoms with Crippen molar-refractivity contribution in [2.45, 2.75) is 77.3 Å². The number of fused-ring (bicyclic) bond motifs is 7. The zero-order valence-corrected chi connectivity index (χ0v) is 22.8. The Bertz CT molecular complexity index is 724. The van der Waals surface area contributed by atoms with Crippen LogP contribution in [-0.4, -0.2) is 95.6 Å². The smallest absolute Gasteiger partial charge is 0.284 e. The maximum atomic E-state index is 11.2. The molecule has 6 rings (SSSR count). The van der Waals surface area contributed by atoms with Crippen LogP contribution in [0.15, 0.2) is 0 Å². The molecule has 4 heterocycles. The van der Waals surface area contributed by atoms with Gasteiger partial charge < -0.3 is 0 Å². The second-order valence-electron chi connectivity index (χ2n) is 10.3. The first kappa shape index (κ1) is 31.9. The summed E-state index contributed by atoms with van der Waals surface area (Å²) >= 11 is 0. The number of carbonyl (C=O) groups excluding carboxylic acids is 4. The molecule has 0 aromatic rings. The van der Waals surface area contributed by atoms with E-state index in [0.717, 1.165) is 33.7 Å². The van der Waals surface area contributed by atoms with Crippen molar-refractivity contribution in [3.05, 3.63) is 0 Å². The molecule has 8 nitrogen and oxygen atoms in total. The van der Waals surface area contributed by atoms with Gasteiger partial charge in [-0.25, -0.2) is 0 Å². The molecule has 6 aliphatic rings. The normalized spacial score (nSPS) is 36.2. The Morgan fingerprint density at radius 1 is 0.600 bits per heavy atom. The van der Waals surface area contributed by atoms with Crippen LogP contribution in [0.2, 0.25) is 0 Å². The summed E-state index contributed by atoms with van der Waals surface area (Å²) in [6.07, 6.45) is 12.0. The molecule has 6 fully saturated rings. The monoisotopic (exact) mass is 540 g/mol. The van der Waals surface area contributed by atoms with E-state index in [2.05, 4.69) is 9.80 Å². The first-order chi connectivity index (χ1) is 15.9. The summed E-state index contributed by atoms with van der Waals surface area (Å²) in [5.74, 6) is -0.861. The van der Waals surface area contributed by atoms with Crippen molar-refractivity contribution in [2.24, 2.45) is 17.3 Å². The van der Waals surface area contributed by atoms with Crippen molar-refractivity contribution in [2.75, 3.05) is 40.3 Å². The summed E-state index contributed by atoms with van der Waals surface area (Å²) in [5.41, 5.74) is -1.98. The van der Waals surface area contributed by atoms with E-state index in [1.165, 1.54) is 91.6 Å².